The fourth-order valence-electron chi connectivity index (χ4n) is 1.68. The van der Waals surface area contributed by atoms with Gasteiger partial charge in [0.2, 0.25) is 0 Å². The molecule has 2 rings (SSSR count). The van der Waals surface area contributed by atoms with Gasteiger partial charge in [-0.05, 0) is 36.8 Å². The number of rotatable bonds is 3. The molecule has 0 fully saturated rings. The van der Waals surface area contributed by atoms with E-state index in [-0.39, 0.29) is 0 Å². The minimum absolute atomic E-state index is 0.423. The lowest BCUT2D eigenvalue weighted by Gasteiger charge is -2.03. The van der Waals surface area contributed by atoms with Crippen molar-refractivity contribution in [3.63, 3.8) is 0 Å². The van der Waals surface area contributed by atoms with Gasteiger partial charge in [-0.3, -0.25) is 9.59 Å². The number of carbonyl (C=O) groups excluding carboxylic acids is 2. The highest BCUT2D eigenvalue weighted by Gasteiger charge is 2.12. The first-order chi connectivity index (χ1) is 11.1. The van der Waals surface area contributed by atoms with Crippen molar-refractivity contribution in [2.75, 3.05) is 5.32 Å². The lowest BCUT2D eigenvalue weighted by Crippen LogP contribution is -2.32. The summed E-state index contributed by atoms with van der Waals surface area (Å²) < 4.78 is 0. The average Bonchev–Trinajstić information content (AvgIpc) is 2.57. The number of nitrogens with one attached hydrogen (secondary N) is 2. The number of carbonyl (C=O) groups is 2. The van der Waals surface area contributed by atoms with E-state index in [0.717, 1.165) is 11.1 Å². The highest BCUT2D eigenvalue weighted by molar-refractivity contribution is 6.39. The normalized spacial score (nSPS) is 10.1. The van der Waals surface area contributed by atoms with E-state index in [1.165, 1.54) is 6.21 Å². The molecule has 23 heavy (non-hydrogen) atoms. The van der Waals surface area contributed by atoms with E-state index < -0.39 is 11.8 Å². The Kier molecular flexibility index (Phi) is 5.21. The molecule has 2 N–H and O–H groups in total. The minimum atomic E-state index is -0.877. The van der Waals surface area contributed by atoms with Gasteiger partial charge in [0.05, 0.1) is 17.8 Å². The fraction of sp³-hybridized carbons (Fsp3) is 0.0588. The molecule has 0 unspecified atom stereocenters. The third-order valence-corrected chi connectivity index (χ3v) is 2.94. The van der Waals surface area contributed by atoms with Crippen molar-refractivity contribution in [1.82, 2.24) is 5.43 Å². The van der Waals surface area contributed by atoms with Crippen LogP contribution in [0.3, 0.4) is 0 Å². The molecule has 2 amide bonds. The predicted molar refractivity (Wildman–Crippen MR) is 86.7 cm³/mol. The maximum absolute atomic E-state index is 11.7. The molecule has 0 radical (unpaired) electrons. The molecule has 0 spiro atoms. The number of nitriles is 1. The maximum atomic E-state index is 11.7. The van der Waals surface area contributed by atoms with Crippen LogP contribution in [0.1, 0.15) is 16.7 Å². The zero-order valence-electron chi connectivity index (χ0n) is 12.4. The minimum Gasteiger partial charge on any atom is -0.318 e. The van der Waals surface area contributed by atoms with Gasteiger partial charge < -0.3 is 5.32 Å². The summed E-state index contributed by atoms with van der Waals surface area (Å²) in [5, 5.41) is 14.8. The molecule has 0 aliphatic carbocycles. The first-order valence-electron chi connectivity index (χ1n) is 6.80. The smallest absolute Gasteiger partial charge is 0.318 e. The van der Waals surface area contributed by atoms with Crippen molar-refractivity contribution >= 4 is 23.7 Å². The van der Waals surface area contributed by atoms with Crippen LogP contribution in [0.2, 0.25) is 0 Å². The Hall–Kier alpha value is -3.46. The second-order valence-electron chi connectivity index (χ2n) is 4.75. The first kappa shape index (κ1) is 15.9. The SMILES string of the molecule is Cc1ccc(/C=N/NC(=O)C(=O)Nc2ccc(C#N)cc2)cc1. The van der Waals surface area contributed by atoms with Crippen molar-refractivity contribution in [3.8, 4) is 6.07 Å². The summed E-state index contributed by atoms with van der Waals surface area (Å²) in [7, 11) is 0. The quantitative estimate of drug-likeness (QED) is 0.515. The molecule has 0 aliphatic heterocycles. The van der Waals surface area contributed by atoms with Crippen molar-refractivity contribution < 1.29 is 9.59 Å². The molecular weight excluding hydrogens is 292 g/mol. The summed E-state index contributed by atoms with van der Waals surface area (Å²) in [5.41, 5.74) is 4.97. The van der Waals surface area contributed by atoms with Gasteiger partial charge in [-0.15, -0.1) is 0 Å². The van der Waals surface area contributed by atoms with Crippen molar-refractivity contribution in [3.05, 3.63) is 65.2 Å². The Morgan fingerprint density at radius 3 is 2.30 bits per heavy atom. The fourth-order valence-corrected chi connectivity index (χ4v) is 1.68. The Bertz CT molecular complexity index is 772. The van der Waals surface area contributed by atoms with Crippen LogP contribution in [0.25, 0.3) is 0 Å². The Labute approximate surface area is 133 Å². The van der Waals surface area contributed by atoms with Gasteiger partial charge in [-0.2, -0.15) is 10.4 Å². The van der Waals surface area contributed by atoms with Crippen LogP contribution < -0.4 is 10.7 Å². The summed E-state index contributed by atoms with van der Waals surface area (Å²) in [6.45, 7) is 1.97. The topological polar surface area (TPSA) is 94.3 Å². The standard InChI is InChI=1S/C17H14N4O2/c1-12-2-4-14(5-3-12)11-19-21-17(23)16(22)20-15-8-6-13(10-18)7-9-15/h2-9,11H,1H3,(H,20,22)(H,21,23)/b19-11+. The third-order valence-electron chi connectivity index (χ3n) is 2.94. The third kappa shape index (κ3) is 4.79. The summed E-state index contributed by atoms with van der Waals surface area (Å²) in [5.74, 6) is -1.71. The van der Waals surface area contributed by atoms with Crippen molar-refractivity contribution in [1.29, 1.82) is 5.26 Å². The molecule has 6 nitrogen and oxygen atoms in total. The maximum Gasteiger partial charge on any atom is 0.329 e. The number of hydrogen-bond donors (Lipinski definition) is 2. The number of amides is 2. The van der Waals surface area contributed by atoms with Gasteiger partial charge in [0.25, 0.3) is 0 Å². The summed E-state index contributed by atoms with van der Waals surface area (Å²) in [6.07, 6.45) is 1.45. The van der Waals surface area contributed by atoms with E-state index in [0.29, 0.717) is 11.3 Å². The second-order valence-corrected chi connectivity index (χ2v) is 4.75. The van der Waals surface area contributed by atoms with E-state index in [1.54, 1.807) is 24.3 Å². The van der Waals surface area contributed by atoms with Gasteiger partial charge in [0, 0.05) is 5.69 Å². The largest absolute Gasteiger partial charge is 0.329 e. The van der Waals surface area contributed by atoms with Gasteiger partial charge in [-0.1, -0.05) is 29.8 Å². The van der Waals surface area contributed by atoms with Crippen LogP contribution >= 0.6 is 0 Å². The molecule has 0 aliphatic rings. The van der Waals surface area contributed by atoms with Gasteiger partial charge >= 0.3 is 11.8 Å². The molecule has 0 aromatic heterocycles. The van der Waals surface area contributed by atoms with Crippen molar-refractivity contribution in [2.24, 2.45) is 5.10 Å². The van der Waals surface area contributed by atoms with E-state index in [9.17, 15) is 9.59 Å². The Morgan fingerprint density at radius 2 is 1.70 bits per heavy atom. The average molecular weight is 306 g/mol. The molecule has 0 saturated heterocycles. The van der Waals surface area contributed by atoms with Crippen LogP contribution in [-0.2, 0) is 9.59 Å². The van der Waals surface area contributed by atoms with Crippen LogP contribution in [0.15, 0.2) is 53.6 Å². The molecule has 2 aromatic rings. The Morgan fingerprint density at radius 1 is 1.04 bits per heavy atom. The molecule has 114 valence electrons. The lowest BCUT2D eigenvalue weighted by molar-refractivity contribution is -0.136. The summed E-state index contributed by atoms with van der Waals surface area (Å²) in [4.78, 5) is 23.3. The molecule has 0 saturated carbocycles. The zero-order valence-corrected chi connectivity index (χ0v) is 12.4. The summed E-state index contributed by atoms with van der Waals surface area (Å²) >= 11 is 0. The van der Waals surface area contributed by atoms with Gasteiger partial charge in [0.15, 0.2) is 0 Å². The van der Waals surface area contributed by atoms with E-state index >= 15 is 0 Å². The predicted octanol–water partition coefficient (Wildman–Crippen LogP) is 1.96. The molecular formula is C17H14N4O2. The van der Waals surface area contributed by atoms with Crippen LogP contribution in [-0.4, -0.2) is 18.0 Å². The summed E-state index contributed by atoms with van der Waals surface area (Å²) in [6, 6.07) is 15.7. The van der Waals surface area contributed by atoms with Crippen LogP contribution in [0.5, 0.6) is 0 Å². The monoisotopic (exact) mass is 306 g/mol. The van der Waals surface area contributed by atoms with Crippen molar-refractivity contribution in [2.45, 2.75) is 6.92 Å². The number of benzene rings is 2. The van der Waals surface area contributed by atoms with E-state index in [4.69, 9.17) is 5.26 Å². The molecule has 0 heterocycles. The number of anilines is 1. The highest BCUT2D eigenvalue weighted by atomic mass is 16.2. The molecule has 0 atom stereocenters. The van der Waals surface area contributed by atoms with Gasteiger partial charge in [0.1, 0.15) is 0 Å². The van der Waals surface area contributed by atoms with E-state index in [2.05, 4.69) is 15.8 Å². The first-order valence-corrected chi connectivity index (χ1v) is 6.80. The number of aryl methyl sites for hydroxylation is 1. The Balaban J connectivity index is 1.88. The molecule has 2 aromatic carbocycles. The number of hydrogen-bond acceptors (Lipinski definition) is 4. The molecule has 6 heteroatoms. The second kappa shape index (κ2) is 7.52. The van der Waals surface area contributed by atoms with Gasteiger partial charge in [-0.25, -0.2) is 5.43 Å². The van der Waals surface area contributed by atoms with E-state index in [1.807, 2.05) is 37.3 Å². The molecule has 0 bridgehead atoms. The van der Waals surface area contributed by atoms with Crippen LogP contribution in [0.4, 0.5) is 5.69 Å². The highest BCUT2D eigenvalue weighted by Crippen LogP contribution is 2.08. The van der Waals surface area contributed by atoms with Crippen LogP contribution in [0, 0.1) is 18.3 Å². The number of nitrogens with zero attached hydrogens (tertiary/aromatic N) is 2. The zero-order chi connectivity index (χ0) is 16.7. The lowest BCUT2D eigenvalue weighted by atomic mass is 10.2. The number of hydrazone groups is 1.